The Hall–Kier alpha value is -3.15. The van der Waals surface area contributed by atoms with Crippen molar-refractivity contribution in [2.75, 3.05) is 21.3 Å². The van der Waals surface area contributed by atoms with Gasteiger partial charge < -0.3 is 39.4 Å². The molecule has 16 heteroatoms. The number of likely N-dealkylation sites (tertiary alicyclic amines) is 1. The predicted molar refractivity (Wildman–Crippen MR) is 126 cm³/mol. The Kier molecular flexibility index (Phi) is 12.2. The summed E-state index contributed by atoms with van der Waals surface area (Å²) in [7, 11) is 4.56. The van der Waals surface area contributed by atoms with Crippen molar-refractivity contribution in [2.24, 2.45) is 11.8 Å². The molecule has 0 saturated carbocycles. The van der Waals surface area contributed by atoms with Gasteiger partial charge in [0.05, 0.1) is 18.4 Å². The summed E-state index contributed by atoms with van der Waals surface area (Å²) in [6.07, 6.45) is -8.64. The topological polar surface area (TPSA) is 190 Å². The number of hydrogen-bond acceptors (Lipinski definition) is 10. The second-order valence-corrected chi connectivity index (χ2v) is 8.71. The highest BCUT2D eigenvalue weighted by Gasteiger charge is 2.69. The van der Waals surface area contributed by atoms with Crippen LogP contribution in [0.15, 0.2) is 30.3 Å². The number of aliphatic carboxylic acids is 1. The van der Waals surface area contributed by atoms with E-state index in [9.17, 15) is 32.7 Å². The lowest BCUT2D eigenvalue weighted by Crippen LogP contribution is -2.49. The number of rotatable bonds is 6. The highest BCUT2D eigenvalue weighted by atomic mass is 19.4. The van der Waals surface area contributed by atoms with Gasteiger partial charge in [0.2, 0.25) is 11.8 Å². The summed E-state index contributed by atoms with van der Waals surface area (Å²) in [5, 5.41) is 17.4. The second-order valence-electron chi connectivity index (χ2n) is 8.71. The van der Waals surface area contributed by atoms with Crippen LogP contribution in [0.2, 0.25) is 0 Å². The number of halogens is 3. The molecule has 0 aromatic heterocycles. The van der Waals surface area contributed by atoms with Crippen molar-refractivity contribution in [1.29, 1.82) is 0 Å². The van der Waals surface area contributed by atoms with Crippen molar-refractivity contribution in [3.8, 4) is 0 Å². The molecule has 4 N–H and O–H groups in total. The van der Waals surface area contributed by atoms with E-state index in [1.165, 1.54) is 33.2 Å². The Morgan fingerprint density at radius 2 is 1.43 bits per heavy atom. The highest BCUT2D eigenvalue weighted by Crippen LogP contribution is 2.49. The molecule has 3 heterocycles. The van der Waals surface area contributed by atoms with Gasteiger partial charge in [-0.2, -0.15) is 13.2 Å². The number of amides is 2. The molecule has 0 spiro atoms. The molecule has 1 aromatic carbocycles. The third-order valence-electron chi connectivity index (χ3n) is 6.35. The Bertz CT molecular complexity index is 1030. The van der Waals surface area contributed by atoms with Crippen LogP contribution in [0.5, 0.6) is 0 Å². The first-order chi connectivity index (χ1) is 18.1. The molecule has 1 aromatic rings. The molecule has 3 fully saturated rings. The Balaban J connectivity index is 0.000000418. The molecular weight excluding hydrogens is 551 g/mol. The first kappa shape index (κ1) is 34.9. The molecule has 40 heavy (non-hydrogen) atoms. The first-order valence-corrected chi connectivity index (χ1v) is 11.5. The van der Waals surface area contributed by atoms with E-state index in [-0.39, 0.29) is 23.8 Å². The molecule has 13 nitrogen and oxygen atoms in total. The van der Waals surface area contributed by atoms with Gasteiger partial charge >= 0.3 is 18.1 Å². The van der Waals surface area contributed by atoms with E-state index in [0.29, 0.717) is 0 Å². The lowest BCUT2D eigenvalue weighted by molar-refractivity contribution is -0.340. The van der Waals surface area contributed by atoms with Gasteiger partial charge in [-0.1, -0.05) is 30.3 Å². The number of carbonyl (C=O) groups excluding carboxylic acids is 3. The van der Waals surface area contributed by atoms with Crippen molar-refractivity contribution in [2.45, 2.75) is 57.0 Å². The monoisotopic (exact) mass is 583 g/mol. The number of carboxylic acids is 1. The average Bonchev–Trinajstić information content (AvgIpc) is 3.50. The third kappa shape index (κ3) is 7.74. The maximum absolute atomic E-state index is 12.7. The van der Waals surface area contributed by atoms with Crippen molar-refractivity contribution in [3.63, 3.8) is 0 Å². The molecule has 3 aliphatic rings. The van der Waals surface area contributed by atoms with E-state index in [2.05, 4.69) is 0 Å². The molecule has 3 saturated heterocycles. The number of aliphatic hydroxyl groups is 1. The van der Waals surface area contributed by atoms with E-state index >= 15 is 0 Å². The number of carboxylic acid groups (broad SMARTS) is 1. The average molecular weight is 584 g/mol. The molecule has 3 aliphatic heterocycles. The number of aliphatic hydroxyl groups excluding tert-OH is 1. The van der Waals surface area contributed by atoms with E-state index < -0.39 is 60.3 Å². The van der Waals surface area contributed by atoms with Crippen LogP contribution in [-0.2, 0) is 49.4 Å². The van der Waals surface area contributed by atoms with E-state index in [1.54, 1.807) is 6.92 Å². The number of esters is 1. The Labute approximate surface area is 227 Å². The summed E-state index contributed by atoms with van der Waals surface area (Å²) in [4.78, 5) is 46.7. The Morgan fingerprint density at radius 3 is 1.80 bits per heavy atom. The fraction of sp³-hybridized carbons (Fsp3) is 0.583. The summed E-state index contributed by atoms with van der Waals surface area (Å²) in [5.74, 6) is -6.24. The number of fused-ring (bicyclic) bond motifs is 5. The van der Waals surface area contributed by atoms with Crippen LogP contribution in [0.3, 0.4) is 0 Å². The summed E-state index contributed by atoms with van der Waals surface area (Å²) in [6.45, 7) is 3.12. The number of alkyl halides is 3. The van der Waals surface area contributed by atoms with Gasteiger partial charge in [-0.15, -0.1) is 0 Å². The van der Waals surface area contributed by atoms with Crippen LogP contribution in [0.4, 0.5) is 13.2 Å². The molecular formula is C24H32F3NO12. The van der Waals surface area contributed by atoms with E-state index in [4.69, 9.17) is 33.6 Å². The number of hydrogen-bond donors (Lipinski definition) is 2. The molecule has 6 atom stereocenters. The fourth-order valence-corrected chi connectivity index (χ4v) is 4.27. The maximum Gasteiger partial charge on any atom is 0.490 e. The zero-order valence-electron chi connectivity index (χ0n) is 22.2. The standard InChI is InChI=1S/C17H17NO6.C5H12O3.C2HF3O2.H2O/c1-8(19)23-15-12(20)13-10-11(14(15)24-13)17(22)18(16(10)21)7-9-5-3-2-4-6-9;1-5(6-2,7-3)8-4;3-2(4,5)1(6)7;/h2-6,10-15,20H,7H2,1H3;1-4H3;(H,6,7);1H2/t10?,11?,12-,13+,14?,15?;;;/m1.../s1. The van der Waals surface area contributed by atoms with E-state index in [0.717, 1.165) is 5.56 Å². The van der Waals surface area contributed by atoms with Gasteiger partial charge in [-0.25, -0.2) is 4.79 Å². The number of ether oxygens (including phenoxy) is 5. The number of methoxy groups -OCH3 is 3. The first-order valence-electron chi connectivity index (χ1n) is 11.5. The van der Waals surface area contributed by atoms with Crippen molar-refractivity contribution < 1.29 is 71.7 Å². The second kappa shape index (κ2) is 14.0. The molecule has 2 amide bonds. The number of benzene rings is 1. The minimum Gasteiger partial charge on any atom is -0.475 e. The van der Waals surface area contributed by atoms with Gasteiger partial charge in [0.15, 0.2) is 6.10 Å². The molecule has 4 unspecified atom stereocenters. The lowest BCUT2D eigenvalue weighted by atomic mass is 9.78. The largest absolute Gasteiger partial charge is 0.490 e. The van der Waals surface area contributed by atoms with Crippen LogP contribution in [-0.4, -0.2) is 102 Å². The maximum atomic E-state index is 12.7. The van der Waals surface area contributed by atoms with Crippen LogP contribution in [0.25, 0.3) is 0 Å². The van der Waals surface area contributed by atoms with Crippen molar-refractivity contribution in [1.82, 2.24) is 4.90 Å². The molecule has 226 valence electrons. The van der Waals surface area contributed by atoms with Gasteiger partial charge in [0.1, 0.15) is 18.3 Å². The Morgan fingerprint density at radius 1 is 0.975 bits per heavy atom. The normalized spacial score (nSPS) is 26.6. The van der Waals surface area contributed by atoms with Gasteiger partial charge in [0.25, 0.3) is 5.97 Å². The summed E-state index contributed by atoms with van der Waals surface area (Å²) < 4.78 is 56.8. The smallest absolute Gasteiger partial charge is 0.475 e. The summed E-state index contributed by atoms with van der Waals surface area (Å²) in [5.41, 5.74) is 0.851. The molecule has 2 bridgehead atoms. The minimum absolute atomic E-state index is 0. The van der Waals surface area contributed by atoms with Crippen LogP contribution in [0, 0.1) is 11.8 Å². The van der Waals surface area contributed by atoms with E-state index in [1.807, 2.05) is 30.3 Å². The third-order valence-corrected chi connectivity index (χ3v) is 6.35. The van der Waals surface area contributed by atoms with Crippen molar-refractivity contribution >= 4 is 23.8 Å². The predicted octanol–water partition coefficient (Wildman–Crippen LogP) is 0.269. The van der Waals surface area contributed by atoms with Crippen LogP contribution in [0.1, 0.15) is 19.4 Å². The number of nitrogens with zero attached hydrogens (tertiary/aromatic N) is 1. The molecule has 0 aliphatic carbocycles. The highest BCUT2D eigenvalue weighted by molar-refractivity contribution is 6.06. The van der Waals surface area contributed by atoms with Gasteiger partial charge in [-0.3, -0.25) is 19.3 Å². The van der Waals surface area contributed by atoms with Crippen LogP contribution < -0.4 is 0 Å². The fourth-order valence-electron chi connectivity index (χ4n) is 4.27. The zero-order valence-corrected chi connectivity index (χ0v) is 22.2. The quantitative estimate of drug-likeness (QED) is 0.266. The summed E-state index contributed by atoms with van der Waals surface area (Å²) >= 11 is 0. The summed E-state index contributed by atoms with van der Waals surface area (Å²) in [6, 6.07) is 9.23. The van der Waals surface area contributed by atoms with Crippen molar-refractivity contribution in [3.05, 3.63) is 35.9 Å². The molecule has 4 rings (SSSR count). The number of carbonyl (C=O) groups is 4. The number of imide groups is 1. The van der Waals surface area contributed by atoms with Crippen LogP contribution >= 0.6 is 0 Å². The zero-order chi connectivity index (χ0) is 29.7. The van der Waals surface area contributed by atoms with Gasteiger partial charge in [-0.05, 0) is 5.56 Å². The van der Waals surface area contributed by atoms with Gasteiger partial charge in [0, 0.05) is 35.2 Å². The molecule has 0 radical (unpaired) electrons. The SMILES string of the molecule is CC(=O)OC1C2O[C@@H](C3C(=O)N(Cc4ccccc4)C(=O)C23)[C@H]1O.COC(C)(OC)OC.O.O=C(O)C(F)(F)F. The minimum atomic E-state index is -5.08. The lowest BCUT2D eigenvalue weighted by Gasteiger charge is -2.28.